The van der Waals surface area contributed by atoms with Crippen molar-refractivity contribution in [2.45, 2.75) is 38.7 Å². The van der Waals surface area contributed by atoms with E-state index in [9.17, 15) is 5.11 Å². The topological polar surface area (TPSA) is 67.5 Å². The molecule has 130 valence electrons. The maximum Gasteiger partial charge on any atom is 0.188 e. The van der Waals surface area contributed by atoms with Crippen LogP contribution in [0.3, 0.4) is 0 Å². The van der Waals surface area contributed by atoms with E-state index in [1.54, 1.807) is 24.3 Å². The van der Waals surface area contributed by atoms with Crippen molar-refractivity contribution < 1.29 is 19.4 Å². The second-order valence-corrected chi connectivity index (χ2v) is 6.91. The molecule has 1 aromatic rings. The standard InChI is InChI=1S/C18H30N2O3/c1-5-6-7-16(21)14-23-17-10-8-15(9-11-17)19-18(22)12-13-20(2,3)4/h8-11,16,21H,5-7,12-14H2,1-4H3/p+1. The van der Waals surface area contributed by atoms with Gasteiger partial charge in [-0.3, -0.25) is 4.99 Å². The molecule has 2 N–H and O–H groups in total. The normalized spacial score (nSPS) is 13.9. The molecule has 0 fully saturated rings. The third-order valence-corrected chi connectivity index (χ3v) is 3.44. The minimum atomic E-state index is -0.184. The molecule has 0 heterocycles. The second-order valence-electron chi connectivity index (χ2n) is 6.91. The lowest BCUT2D eigenvalue weighted by Crippen LogP contribution is -2.38. The number of benzene rings is 1. The number of hydrogen-bond donors (Lipinski definition) is 0. The van der Waals surface area contributed by atoms with Crippen molar-refractivity contribution in [1.82, 2.24) is 0 Å². The lowest BCUT2D eigenvalue weighted by atomic mass is 10.2. The summed E-state index contributed by atoms with van der Waals surface area (Å²) in [6.45, 7) is 3.29. The first-order chi connectivity index (χ1) is 10.8. The van der Waals surface area contributed by atoms with Gasteiger partial charge in [-0.2, -0.15) is 0 Å². The summed E-state index contributed by atoms with van der Waals surface area (Å²) in [5.74, 6) is 0.619. The van der Waals surface area contributed by atoms with Crippen LogP contribution in [0.5, 0.6) is 5.75 Å². The molecule has 0 radical (unpaired) electrons. The van der Waals surface area contributed by atoms with Crippen molar-refractivity contribution >= 4 is 11.6 Å². The largest absolute Gasteiger partial charge is 0.862 e. The van der Waals surface area contributed by atoms with Crippen molar-refractivity contribution in [3.63, 3.8) is 0 Å². The highest BCUT2D eigenvalue weighted by Crippen LogP contribution is 2.18. The van der Waals surface area contributed by atoms with Crippen LogP contribution in [0.25, 0.3) is 0 Å². The first kappa shape index (κ1) is 19.5. The van der Waals surface area contributed by atoms with E-state index in [0.717, 1.165) is 36.0 Å². The van der Waals surface area contributed by atoms with Crippen LogP contribution in [-0.2, 0) is 0 Å². The van der Waals surface area contributed by atoms with E-state index in [1.165, 1.54) is 0 Å². The van der Waals surface area contributed by atoms with Crippen molar-refractivity contribution in [1.29, 1.82) is 0 Å². The van der Waals surface area contributed by atoms with Gasteiger partial charge in [0.15, 0.2) is 12.7 Å². The smallest absolute Gasteiger partial charge is 0.188 e. The number of quaternary nitrogens is 1. The van der Waals surface area contributed by atoms with Crippen LogP contribution in [0.15, 0.2) is 29.3 Å². The van der Waals surface area contributed by atoms with E-state index in [0.29, 0.717) is 18.7 Å². The fourth-order valence-corrected chi connectivity index (χ4v) is 1.98. The van der Waals surface area contributed by atoms with Gasteiger partial charge < -0.3 is 19.4 Å². The molecule has 1 unspecified atom stereocenters. The average Bonchev–Trinajstić information content (AvgIpc) is 2.49. The van der Waals surface area contributed by atoms with Crippen LogP contribution in [0.2, 0.25) is 0 Å². The minimum absolute atomic E-state index is 0.0995. The van der Waals surface area contributed by atoms with Crippen LogP contribution < -0.4 is 9.84 Å². The Bertz CT molecular complexity index is 478. The Morgan fingerprint density at radius 1 is 1.26 bits per heavy atom. The lowest BCUT2D eigenvalue weighted by molar-refractivity contribution is -0.869. The maximum atomic E-state index is 11.8. The van der Waals surface area contributed by atoms with Crippen LogP contribution in [0.4, 0.5) is 5.69 Å². The van der Waals surface area contributed by atoms with E-state index in [2.05, 4.69) is 33.1 Å². The molecule has 0 aromatic heterocycles. The Labute approximate surface area is 139 Å². The molecule has 0 bridgehead atoms. The Morgan fingerprint density at radius 2 is 1.91 bits per heavy atom. The van der Waals surface area contributed by atoms with E-state index < -0.39 is 0 Å². The molecule has 0 saturated heterocycles. The molecule has 0 aliphatic heterocycles. The van der Waals surface area contributed by atoms with Gasteiger partial charge in [-0.1, -0.05) is 13.3 Å². The van der Waals surface area contributed by atoms with Crippen molar-refractivity contribution in [3.8, 4) is 5.75 Å². The average molecular weight is 323 g/mol. The molecule has 1 aromatic carbocycles. The van der Waals surface area contributed by atoms with Gasteiger partial charge in [-0.25, -0.2) is 0 Å². The van der Waals surface area contributed by atoms with Gasteiger partial charge in [-0.05, 0) is 36.6 Å². The van der Waals surface area contributed by atoms with Crippen molar-refractivity contribution in [2.75, 3.05) is 34.3 Å². The number of aliphatic imine (C=N–C) groups is 1. The zero-order chi connectivity index (χ0) is 17.3. The fourth-order valence-electron chi connectivity index (χ4n) is 1.98. The molecule has 0 spiro atoms. The summed E-state index contributed by atoms with van der Waals surface area (Å²) in [6.07, 6.45) is 3.29. The molecule has 1 atom stereocenters. The van der Waals surface area contributed by atoms with Gasteiger partial charge in [0.25, 0.3) is 0 Å². The van der Waals surface area contributed by atoms with E-state index in [-0.39, 0.29) is 12.0 Å². The fraction of sp³-hybridized carbons (Fsp3) is 0.611. The first-order valence-electron chi connectivity index (χ1n) is 8.29. The minimum Gasteiger partial charge on any atom is -0.862 e. The predicted octanol–water partition coefficient (Wildman–Crippen LogP) is 1.84. The summed E-state index contributed by atoms with van der Waals surface area (Å²) in [5, 5.41) is 19.7. The van der Waals surface area contributed by atoms with Gasteiger partial charge in [0.2, 0.25) is 0 Å². The van der Waals surface area contributed by atoms with Crippen LogP contribution in [0.1, 0.15) is 32.6 Å². The van der Waals surface area contributed by atoms with E-state index in [1.807, 2.05) is 0 Å². The zero-order valence-electron chi connectivity index (χ0n) is 14.8. The lowest BCUT2D eigenvalue weighted by Gasteiger charge is -2.25. The van der Waals surface area contributed by atoms with E-state index in [4.69, 9.17) is 9.84 Å². The zero-order valence-corrected chi connectivity index (χ0v) is 14.8. The number of unbranched alkanes of at least 4 members (excludes halogenated alkanes) is 1. The quantitative estimate of drug-likeness (QED) is 0.285. The maximum absolute atomic E-state index is 11.8. The highest BCUT2D eigenvalue weighted by atomic mass is 16.5. The summed E-state index contributed by atoms with van der Waals surface area (Å²) in [6, 6.07) is 7.17. The van der Waals surface area contributed by atoms with Crippen LogP contribution in [-0.4, -0.2) is 55.9 Å². The second kappa shape index (κ2) is 9.53. The number of rotatable bonds is 10. The van der Waals surface area contributed by atoms with Crippen molar-refractivity contribution in [3.05, 3.63) is 24.3 Å². The van der Waals surface area contributed by atoms with Crippen molar-refractivity contribution in [2.24, 2.45) is 4.99 Å². The van der Waals surface area contributed by atoms with Gasteiger partial charge in [0, 0.05) is 12.8 Å². The highest BCUT2D eigenvalue weighted by molar-refractivity contribution is 5.75. The molecule has 0 aliphatic carbocycles. The third-order valence-electron chi connectivity index (χ3n) is 3.44. The molecule has 5 heteroatoms. The number of hydrogen-bond acceptors (Lipinski definition) is 3. The van der Waals surface area contributed by atoms with Crippen LogP contribution in [0, 0.1) is 0 Å². The summed E-state index contributed by atoms with van der Waals surface area (Å²) >= 11 is 0. The van der Waals surface area contributed by atoms with Gasteiger partial charge >= 0.3 is 0 Å². The Kier molecular flexibility index (Phi) is 8.06. The number of nitrogens with zero attached hydrogens (tertiary/aromatic N) is 2. The Morgan fingerprint density at radius 3 is 2.48 bits per heavy atom. The molecular formula is C18H31N2O3+. The Hall–Kier alpha value is -1.59. The Balaban J connectivity index is 2.46. The molecule has 23 heavy (non-hydrogen) atoms. The third kappa shape index (κ3) is 9.21. The van der Waals surface area contributed by atoms with Gasteiger partial charge in [0.05, 0.1) is 33.4 Å². The summed E-state index contributed by atoms with van der Waals surface area (Å²) in [5.41, 5.74) is 0.650. The number of ether oxygens (including phenoxy) is 1. The molecule has 0 amide bonds. The monoisotopic (exact) mass is 323 g/mol. The van der Waals surface area contributed by atoms with Crippen LogP contribution >= 0.6 is 0 Å². The highest BCUT2D eigenvalue weighted by Gasteiger charge is 2.09. The molecular weight excluding hydrogens is 292 g/mol. The first-order valence-corrected chi connectivity index (χ1v) is 8.29. The van der Waals surface area contributed by atoms with Gasteiger partial charge in [-0.15, -0.1) is 0 Å². The molecule has 1 rings (SSSR count). The molecule has 0 aliphatic rings. The predicted molar refractivity (Wildman–Crippen MR) is 93.5 cm³/mol. The van der Waals surface area contributed by atoms with Gasteiger partial charge in [0.1, 0.15) is 5.75 Å². The summed E-state index contributed by atoms with van der Waals surface area (Å²) < 4.78 is 6.35. The molecule has 0 saturated carbocycles. The SMILES string of the molecule is CCCCC([OH2+])COc1ccc(N=C([O-])CC[N+](C)(C)C)cc1. The van der Waals surface area contributed by atoms with E-state index >= 15 is 0 Å². The summed E-state index contributed by atoms with van der Waals surface area (Å²) in [7, 11) is 6.17. The molecule has 5 nitrogen and oxygen atoms in total. The summed E-state index contributed by atoms with van der Waals surface area (Å²) in [4.78, 5) is 4.10.